The predicted molar refractivity (Wildman–Crippen MR) is 197 cm³/mol. The lowest BCUT2D eigenvalue weighted by atomic mass is 9.65. The Bertz CT molecular complexity index is 1760. The summed E-state index contributed by atoms with van der Waals surface area (Å²) in [5.41, 5.74) is 7.94. The number of aliphatic hydroxyl groups is 1. The van der Waals surface area contributed by atoms with Crippen LogP contribution in [-0.4, -0.2) is 41.3 Å². The Morgan fingerprint density at radius 1 is 0.780 bits per heavy atom. The van der Waals surface area contributed by atoms with Crippen molar-refractivity contribution in [2.24, 2.45) is 10.8 Å². The SMILES string of the molecule is CC1(C)CC2CC(C)(CN2C[C@@H]2C[C@H](c3ccc(CO)cc3)O[C@H](c3cccc(-c4cccc(CNC(=O)NCc5ccccc5)c4)c3)O2)C1. The molecule has 0 aromatic heterocycles. The molecular formula is C43H51N3O4. The van der Waals surface area contributed by atoms with Gasteiger partial charge in [0.2, 0.25) is 0 Å². The Morgan fingerprint density at radius 2 is 1.48 bits per heavy atom. The number of carbonyl (C=O) groups is 1. The highest BCUT2D eigenvalue weighted by Crippen LogP contribution is 2.53. The topological polar surface area (TPSA) is 83.1 Å². The zero-order valence-electron chi connectivity index (χ0n) is 29.6. The average Bonchev–Trinajstić information content (AvgIpc) is 3.37. The van der Waals surface area contributed by atoms with Crippen molar-refractivity contribution in [3.05, 3.63) is 131 Å². The van der Waals surface area contributed by atoms with Gasteiger partial charge in [-0.3, -0.25) is 4.90 Å². The van der Waals surface area contributed by atoms with E-state index in [-0.39, 0.29) is 24.8 Å². The number of ether oxygens (including phenoxy) is 2. The number of amides is 2. The molecule has 0 spiro atoms. The molecule has 7 heteroatoms. The van der Waals surface area contributed by atoms with Gasteiger partial charge in [0, 0.05) is 44.2 Å². The summed E-state index contributed by atoms with van der Waals surface area (Å²) in [4.78, 5) is 15.2. The number of urea groups is 1. The minimum absolute atomic E-state index is 0.0217. The van der Waals surface area contributed by atoms with Gasteiger partial charge >= 0.3 is 6.03 Å². The van der Waals surface area contributed by atoms with Crippen molar-refractivity contribution in [1.29, 1.82) is 0 Å². The molecule has 1 aliphatic carbocycles. The van der Waals surface area contributed by atoms with Gasteiger partial charge in [0.1, 0.15) is 0 Å². The number of nitrogens with zero attached hydrogens (tertiary/aromatic N) is 1. The number of hydrogen-bond donors (Lipinski definition) is 3. The molecule has 3 aliphatic rings. The average molecular weight is 674 g/mol. The normalized spacial score (nSPS) is 26.0. The van der Waals surface area contributed by atoms with E-state index in [2.05, 4.69) is 84.8 Å². The summed E-state index contributed by atoms with van der Waals surface area (Å²) in [5, 5.41) is 15.6. The Labute approximate surface area is 297 Å². The molecule has 2 saturated heterocycles. The van der Waals surface area contributed by atoms with Crippen molar-refractivity contribution in [3.8, 4) is 11.1 Å². The first-order valence-electron chi connectivity index (χ1n) is 18.1. The second-order valence-corrected chi connectivity index (χ2v) is 15.8. The van der Waals surface area contributed by atoms with Gasteiger partial charge in [-0.05, 0) is 75.6 Å². The fourth-order valence-electron chi connectivity index (χ4n) is 8.83. The first kappa shape index (κ1) is 34.4. The molecular weight excluding hydrogens is 622 g/mol. The van der Waals surface area contributed by atoms with Crippen LogP contribution in [0.15, 0.2) is 103 Å². The molecule has 2 heterocycles. The van der Waals surface area contributed by atoms with E-state index in [1.807, 2.05) is 54.6 Å². The number of nitrogens with one attached hydrogen (secondary N) is 2. The maximum atomic E-state index is 12.5. The maximum Gasteiger partial charge on any atom is 0.315 e. The van der Waals surface area contributed by atoms with Crippen molar-refractivity contribution in [2.75, 3.05) is 13.1 Å². The van der Waals surface area contributed by atoms with E-state index in [4.69, 9.17) is 9.47 Å². The first-order chi connectivity index (χ1) is 24.1. The molecule has 4 aromatic carbocycles. The van der Waals surface area contributed by atoms with Crippen LogP contribution in [0.1, 0.15) is 86.7 Å². The maximum absolute atomic E-state index is 12.5. The molecule has 7 rings (SSSR count). The third-order valence-corrected chi connectivity index (χ3v) is 10.7. The number of aliphatic hydroxyl groups excluding tert-OH is 1. The Kier molecular flexibility index (Phi) is 10.1. The van der Waals surface area contributed by atoms with Gasteiger partial charge in [0.15, 0.2) is 6.29 Å². The molecule has 3 fully saturated rings. The predicted octanol–water partition coefficient (Wildman–Crippen LogP) is 8.29. The van der Waals surface area contributed by atoms with Gasteiger partial charge in [-0.1, -0.05) is 112 Å². The van der Waals surface area contributed by atoms with Crippen LogP contribution in [0.25, 0.3) is 11.1 Å². The summed E-state index contributed by atoms with van der Waals surface area (Å²) in [6.45, 7) is 10.3. The van der Waals surface area contributed by atoms with E-state index >= 15 is 0 Å². The van der Waals surface area contributed by atoms with Crippen LogP contribution in [0, 0.1) is 10.8 Å². The molecule has 0 radical (unpaired) electrons. The van der Waals surface area contributed by atoms with Crippen molar-refractivity contribution in [2.45, 2.75) is 90.7 Å². The fourth-order valence-corrected chi connectivity index (χ4v) is 8.83. The molecule has 3 N–H and O–H groups in total. The largest absolute Gasteiger partial charge is 0.392 e. The highest BCUT2D eigenvalue weighted by atomic mass is 16.7. The molecule has 7 nitrogen and oxygen atoms in total. The smallest absolute Gasteiger partial charge is 0.315 e. The molecule has 262 valence electrons. The number of hydrogen-bond acceptors (Lipinski definition) is 5. The second-order valence-electron chi connectivity index (χ2n) is 15.8. The number of fused-ring (bicyclic) bond motifs is 2. The van der Waals surface area contributed by atoms with E-state index in [1.54, 1.807) is 0 Å². The van der Waals surface area contributed by atoms with E-state index in [9.17, 15) is 9.90 Å². The summed E-state index contributed by atoms with van der Waals surface area (Å²) >= 11 is 0. The van der Waals surface area contributed by atoms with Crippen LogP contribution >= 0.6 is 0 Å². The second kappa shape index (κ2) is 14.7. The van der Waals surface area contributed by atoms with Gasteiger partial charge < -0.3 is 25.2 Å². The van der Waals surface area contributed by atoms with E-state index in [0.29, 0.717) is 30.0 Å². The lowest BCUT2D eigenvalue weighted by molar-refractivity contribution is -0.253. The van der Waals surface area contributed by atoms with Gasteiger partial charge in [-0.25, -0.2) is 4.79 Å². The summed E-state index contributed by atoms with van der Waals surface area (Å²) in [6, 6.07) is 35.2. The van der Waals surface area contributed by atoms with Crippen LogP contribution in [-0.2, 0) is 29.2 Å². The Hall–Kier alpha value is -4.01. The zero-order chi connectivity index (χ0) is 34.7. The molecule has 50 heavy (non-hydrogen) atoms. The summed E-state index contributed by atoms with van der Waals surface area (Å²) in [6.07, 6.45) is 3.95. The van der Waals surface area contributed by atoms with Gasteiger partial charge in [0.05, 0.1) is 18.8 Å². The van der Waals surface area contributed by atoms with Crippen LogP contribution in [0.5, 0.6) is 0 Å². The van der Waals surface area contributed by atoms with Crippen LogP contribution < -0.4 is 10.6 Å². The quantitative estimate of drug-likeness (QED) is 0.158. The Balaban J connectivity index is 1.06. The number of rotatable bonds is 10. The molecule has 2 unspecified atom stereocenters. The van der Waals surface area contributed by atoms with Crippen molar-refractivity contribution < 1.29 is 19.4 Å². The van der Waals surface area contributed by atoms with Crippen molar-refractivity contribution >= 4 is 6.03 Å². The van der Waals surface area contributed by atoms with Crippen LogP contribution in [0.2, 0.25) is 0 Å². The van der Waals surface area contributed by atoms with Gasteiger partial charge in [0.25, 0.3) is 0 Å². The van der Waals surface area contributed by atoms with E-state index in [1.165, 1.54) is 19.3 Å². The van der Waals surface area contributed by atoms with Gasteiger partial charge in [-0.2, -0.15) is 0 Å². The van der Waals surface area contributed by atoms with Crippen LogP contribution in [0.4, 0.5) is 4.79 Å². The lowest BCUT2D eigenvalue weighted by Crippen LogP contribution is -2.42. The molecule has 4 aromatic rings. The number of carbonyl (C=O) groups excluding carboxylic acids is 1. The highest BCUT2D eigenvalue weighted by molar-refractivity contribution is 5.74. The third-order valence-electron chi connectivity index (χ3n) is 10.7. The summed E-state index contributed by atoms with van der Waals surface area (Å²) in [5.74, 6) is 0. The third kappa shape index (κ3) is 8.30. The molecule has 2 amide bonds. The molecule has 2 bridgehead atoms. The van der Waals surface area contributed by atoms with E-state index in [0.717, 1.165) is 58.5 Å². The molecule has 5 atom stereocenters. The van der Waals surface area contributed by atoms with E-state index < -0.39 is 6.29 Å². The Morgan fingerprint density at radius 3 is 2.24 bits per heavy atom. The van der Waals surface area contributed by atoms with Crippen molar-refractivity contribution in [3.63, 3.8) is 0 Å². The first-order valence-corrected chi connectivity index (χ1v) is 18.1. The van der Waals surface area contributed by atoms with Crippen LogP contribution in [0.3, 0.4) is 0 Å². The zero-order valence-corrected chi connectivity index (χ0v) is 29.6. The minimum atomic E-state index is -0.511. The molecule has 2 aliphatic heterocycles. The fraction of sp³-hybridized carbons (Fsp3) is 0.419. The highest BCUT2D eigenvalue weighted by Gasteiger charge is 2.50. The monoisotopic (exact) mass is 673 g/mol. The van der Waals surface area contributed by atoms with Gasteiger partial charge in [-0.15, -0.1) is 0 Å². The summed E-state index contributed by atoms with van der Waals surface area (Å²) < 4.78 is 13.6. The number of likely N-dealkylation sites (tertiary alicyclic amines) is 1. The molecule has 1 saturated carbocycles. The summed E-state index contributed by atoms with van der Waals surface area (Å²) in [7, 11) is 0. The lowest BCUT2D eigenvalue weighted by Gasteiger charge is -2.41. The minimum Gasteiger partial charge on any atom is -0.392 e. The number of benzene rings is 4. The van der Waals surface area contributed by atoms with Crippen molar-refractivity contribution in [1.82, 2.24) is 15.5 Å². The standard InChI is InChI=1S/C43H51N3O4/c1-42(2)22-37-23-43(3,28-42)29-46(37)26-38-21-39(33-17-15-31(27-47)16-18-33)50-40(49-38)36-14-8-13-35(20-36)34-12-7-11-32(19-34)25-45-41(48)44-24-30-9-5-4-6-10-30/h4-20,37-40,47H,21-29H2,1-3H3,(H2,44,45,48)/t37?,38-,39+,40+,43?/m0/s1.